The van der Waals surface area contributed by atoms with E-state index < -0.39 is 0 Å². The number of piperidine rings is 1. The fraction of sp³-hybridized carbons (Fsp3) is 0.737. The smallest absolute Gasteiger partial charge is 0.191 e. The minimum Gasteiger partial charge on any atom is -0.357 e. The van der Waals surface area contributed by atoms with Gasteiger partial charge in [0.15, 0.2) is 5.96 Å². The molecule has 2 N–H and O–H groups in total. The third-order valence-electron chi connectivity index (χ3n) is 4.82. The molecule has 2 unspecified atom stereocenters. The van der Waals surface area contributed by atoms with Gasteiger partial charge in [-0.3, -0.25) is 4.99 Å². The lowest BCUT2D eigenvalue weighted by molar-refractivity contribution is 0.141. The van der Waals surface area contributed by atoms with Crippen LogP contribution in [0.5, 0.6) is 0 Å². The maximum atomic E-state index is 4.79. The molecule has 0 bridgehead atoms. The zero-order valence-corrected chi connectivity index (χ0v) is 19.3. The summed E-state index contributed by atoms with van der Waals surface area (Å²) < 4.78 is 0. The number of thiophene rings is 1. The van der Waals surface area contributed by atoms with E-state index in [1.165, 1.54) is 31.5 Å². The number of likely N-dealkylation sites (tertiary alicyclic amines) is 1. The highest BCUT2D eigenvalue weighted by Gasteiger charge is 2.21. The van der Waals surface area contributed by atoms with Crippen molar-refractivity contribution in [1.82, 2.24) is 15.5 Å². The Kier molecular flexibility index (Phi) is 11.0. The van der Waals surface area contributed by atoms with Gasteiger partial charge in [0.1, 0.15) is 0 Å². The second-order valence-corrected chi connectivity index (χ2v) is 7.94. The Labute approximate surface area is 174 Å². The second kappa shape index (κ2) is 12.1. The van der Waals surface area contributed by atoms with Gasteiger partial charge in [-0.25, -0.2) is 0 Å². The Balaban J connectivity index is 0.00000312. The lowest BCUT2D eigenvalue weighted by Crippen LogP contribution is -2.46. The van der Waals surface area contributed by atoms with E-state index in [2.05, 4.69) is 60.1 Å². The predicted octanol–water partition coefficient (Wildman–Crippen LogP) is 4.15. The number of nitrogens with zero attached hydrogens (tertiary/aromatic N) is 2. The summed E-state index contributed by atoms with van der Waals surface area (Å²) in [6.07, 6.45) is 2.63. The molecule has 2 heterocycles. The Morgan fingerprint density at radius 3 is 2.80 bits per heavy atom. The van der Waals surface area contributed by atoms with E-state index in [0.29, 0.717) is 12.0 Å². The number of halogens is 1. The normalized spacial score (nSPS) is 20.2. The van der Waals surface area contributed by atoms with Crippen LogP contribution in [0.3, 0.4) is 0 Å². The molecule has 25 heavy (non-hydrogen) atoms. The standard InChI is InChI=1S/C19H34N4S.HI/c1-5-20-19(21-11-16(4)18-8-10-24-14-18)22-12-17-7-6-9-23(13-17)15(2)3;/h8,10,14-17H,5-7,9,11-13H2,1-4H3,(H2,20,21,22);1H. The van der Waals surface area contributed by atoms with Gasteiger partial charge in [-0.1, -0.05) is 6.92 Å². The van der Waals surface area contributed by atoms with E-state index in [0.717, 1.165) is 31.5 Å². The van der Waals surface area contributed by atoms with E-state index >= 15 is 0 Å². The molecule has 1 saturated heterocycles. The number of rotatable bonds is 7. The zero-order chi connectivity index (χ0) is 17.4. The quantitative estimate of drug-likeness (QED) is 0.352. The highest BCUT2D eigenvalue weighted by Crippen LogP contribution is 2.19. The minimum absolute atomic E-state index is 0. The molecule has 1 aromatic rings. The summed E-state index contributed by atoms with van der Waals surface area (Å²) in [5.74, 6) is 2.15. The van der Waals surface area contributed by atoms with E-state index in [-0.39, 0.29) is 24.0 Å². The van der Waals surface area contributed by atoms with Crippen LogP contribution in [0.15, 0.2) is 21.8 Å². The Morgan fingerprint density at radius 2 is 2.16 bits per heavy atom. The molecule has 4 nitrogen and oxygen atoms in total. The van der Waals surface area contributed by atoms with Crippen LogP contribution in [0, 0.1) is 5.92 Å². The van der Waals surface area contributed by atoms with Gasteiger partial charge in [-0.15, -0.1) is 24.0 Å². The average Bonchev–Trinajstić information content (AvgIpc) is 3.12. The minimum atomic E-state index is 0. The van der Waals surface area contributed by atoms with Gasteiger partial charge in [-0.05, 0) is 68.5 Å². The molecule has 1 aliphatic rings. The lowest BCUT2D eigenvalue weighted by atomic mass is 9.97. The third kappa shape index (κ3) is 7.83. The number of aliphatic imine (C=N–C) groups is 1. The van der Waals surface area contributed by atoms with E-state index in [1.54, 1.807) is 11.3 Å². The summed E-state index contributed by atoms with van der Waals surface area (Å²) in [5, 5.41) is 11.3. The first-order chi connectivity index (χ1) is 11.6. The van der Waals surface area contributed by atoms with Crippen molar-refractivity contribution in [2.75, 3.05) is 32.7 Å². The van der Waals surface area contributed by atoms with Gasteiger partial charge in [0.2, 0.25) is 0 Å². The molecule has 0 aliphatic carbocycles. The van der Waals surface area contributed by atoms with Crippen molar-refractivity contribution >= 4 is 41.3 Å². The molecular weight excluding hydrogens is 443 g/mol. The van der Waals surface area contributed by atoms with Gasteiger partial charge in [0, 0.05) is 38.1 Å². The largest absolute Gasteiger partial charge is 0.357 e. The summed E-state index contributed by atoms with van der Waals surface area (Å²) >= 11 is 1.76. The first-order valence-corrected chi connectivity index (χ1v) is 10.3. The summed E-state index contributed by atoms with van der Waals surface area (Å²) in [5.41, 5.74) is 1.39. The average molecular weight is 478 g/mol. The fourth-order valence-electron chi connectivity index (χ4n) is 3.20. The van der Waals surface area contributed by atoms with Crippen molar-refractivity contribution in [2.45, 2.75) is 52.5 Å². The SMILES string of the molecule is CCNC(=NCC(C)c1ccsc1)NCC1CCCN(C(C)C)C1.I. The Bertz CT molecular complexity index is 490. The van der Waals surface area contributed by atoms with E-state index in [1.807, 2.05) is 0 Å². The van der Waals surface area contributed by atoms with Crippen molar-refractivity contribution < 1.29 is 0 Å². The molecule has 0 radical (unpaired) electrons. The van der Waals surface area contributed by atoms with Crippen molar-refractivity contribution in [2.24, 2.45) is 10.9 Å². The highest BCUT2D eigenvalue weighted by atomic mass is 127. The molecule has 0 saturated carbocycles. The molecular formula is C19H35IN4S. The van der Waals surface area contributed by atoms with Crippen LogP contribution < -0.4 is 10.6 Å². The molecule has 2 atom stereocenters. The molecule has 1 fully saturated rings. The van der Waals surface area contributed by atoms with Crippen molar-refractivity contribution in [1.29, 1.82) is 0 Å². The zero-order valence-electron chi connectivity index (χ0n) is 16.1. The van der Waals surface area contributed by atoms with Crippen LogP contribution in [-0.2, 0) is 0 Å². The van der Waals surface area contributed by atoms with Crippen LogP contribution in [0.1, 0.15) is 52.0 Å². The fourth-order valence-corrected chi connectivity index (χ4v) is 3.99. The summed E-state index contributed by atoms with van der Waals surface area (Å²) in [6.45, 7) is 14.2. The van der Waals surface area contributed by atoms with Crippen LogP contribution in [-0.4, -0.2) is 49.6 Å². The predicted molar refractivity (Wildman–Crippen MR) is 122 cm³/mol. The van der Waals surface area contributed by atoms with Gasteiger partial charge < -0.3 is 15.5 Å². The monoisotopic (exact) mass is 478 g/mol. The van der Waals surface area contributed by atoms with Crippen molar-refractivity contribution in [3.63, 3.8) is 0 Å². The maximum absolute atomic E-state index is 4.79. The lowest BCUT2D eigenvalue weighted by Gasteiger charge is -2.35. The van der Waals surface area contributed by atoms with Crippen LogP contribution >= 0.6 is 35.3 Å². The van der Waals surface area contributed by atoms with Gasteiger partial charge in [-0.2, -0.15) is 11.3 Å². The molecule has 6 heteroatoms. The summed E-state index contributed by atoms with van der Waals surface area (Å²) in [4.78, 5) is 7.39. The van der Waals surface area contributed by atoms with Gasteiger partial charge in [0.05, 0.1) is 0 Å². The van der Waals surface area contributed by atoms with Crippen molar-refractivity contribution in [3.8, 4) is 0 Å². The molecule has 0 amide bonds. The van der Waals surface area contributed by atoms with Gasteiger partial charge in [0.25, 0.3) is 0 Å². The van der Waals surface area contributed by atoms with Crippen LogP contribution in [0.2, 0.25) is 0 Å². The number of nitrogens with one attached hydrogen (secondary N) is 2. The molecule has 144 valence electrons. The topological polar surface area (TPSA) is 39.7 Å². The summed E-state index contributed by atoms with van der Waals surface area (Å²) in [7, 11) is 0. The molecule has 1 aromatic heterocycles. The van der Waals surface area contributed by atoms with Crippen LogP contribution in [0.25, 0.3) is 0 Å². The molecule has 1 aliphatic heterocycles. The maximum Gasteiger partial charge on any atom is 0.191 e. The molecule has 0 aromatic carbocycles. The molecule has 0 spiro atoms. The van der Waals surface area contributed by atoms with Crippen molar-refractivity contribution in [3.05, 3.63) is 22.4 Å². The number of hydrogen-bond donors (Lipinski definition) is 2. The Morgan fingerprint density at radius 1 is 1.36 bits per heavy atom. The Hall–Kier alpha value is -0.340. The van der Waals surface area contributed by atoms with Crippen LogP contribution in [0.4, 0.5) is 0 Å². The first-order valence-electron chi connectivity index (χ1n) is 9.38. The third-order valence-corrected chi connectivity index (χ3v) is 5.52. The van der Waals surface area contributed by atoms with E-state index in [9.17, 15) is 0 Å². The second-order valence-electron chi connectivity index (χ2n) is 7.16. The van der Waals surface area contributed by atoms with Gasteiger partial charge >= 0.3 is 0 Å². The summed E-state index contributed by atoms with van der Waals surface area (Å²) in [6, 6.07) is 2.86. The molecule has 2 rings (SSSR count). The highest BCUT2D eigenvalue weighted by molar-refractivity contribution is 14.0. The number of hydrogen-bond acceptors (Lipinski definition) is 3. The first kappa shape index (κ1) is 22.7. The number of guanidine groups is 1. The van der Waals surface area contributed by atoms with E-state index in [4.69, 9.17) is 4.99 Å².